The maximum Gasteiger partial charge on any atom is 0.237 e. The molecule has 2 unspecified atom stereocenters. The number of hydrogen-bond donors (Lipinski definition) is 3. The van der Waals surface area contributed by atoms with Gasteiger partial charge in [0.05, 0.1) is 5.69 Å². The first-order valence-electron chi connectivity index (χ1n) is 7.08. The molecule has 4 nitrogen and oxygen atoms in total. The molecule has 0 saturated heterocycles. The van der Waals surface area contributed by atoms with Gasteiger partial charge in [0, 0.05) is 35.1 Å². The zero-order chi connectivity index (χ0) is 15.9. The van der Waals surface area contributed by atoms with Crippen LogP contribution in [0.4, 0.5) is 5.69 Å². The van der Waals surface area contributed by atoms with Crippen LogP contribution in [-0.4, -0.2) is 23.3 Å². The lowest BCUT2D eigenvalue weighted by Crippen LogP contribution is -2.30. The summed E-state index contributed by atoms with van der Waals surface area (Å²) in [5.41, 5.74) is 7.59. The Hall–Kier alpha value is -1.43. The van der Waals surface area contributed by atoms with Crippen molar-refractivity contribution in [2.24, 2.45) is 5.73 Å². The number of rotatable bonds is 7. The number of thiol groups is 1. The van der Waals surface area contributed by atoms with Gasteiger partial charge in [-0.05, 0) is 25.1 Å². The third kappa shape index (κ3) is 4.53. The lowest BCUT2D eigenvalue weighted by Gasteiger charge is -2.19. The highest BCUT2D eigenvalue weighted by molar-refractivity contribution is 7.80. The van der Waals surface area contributed by atoms with Crippen molar-refractivity contribution in [2.75, 3.05) is 17.6 Å². The predicted molar refractivity (Wildman–Crippen MR) is 95.1 cm³/mol. The number of pyridine rings is 1. The molecule has 118 valence electrons. The molecule has 2 atom stereocenters. The zero-order valence-electron chi connectivity index (χ0n) is 12.4. The number of benzene rings is 1. The van der Waals surface area contributed by atoms with E-state index in [0.717, 1.165) is 11.3 Å². The summed E-state index contributed by atoms with van der Waals surface area (Å²) in [5, 5.41) is 3.92. The summed E-state index contributed by atoms with van der Waals surface area (Å²) >= 11 is 10.4. The summed E-state index contributed by atoms with van der Waals surface area (Å²) < 4.78 is 5.96. The van der Waals surface area contributed by atoms with E-state index in [1.54, 1.807) is 6.20 Å². The molecule has 0 aliphatic heterocycles. The molecular formula is C16H20ClN3OS. The molecule has 6 heteroatoms. The van der Waals surface area contributed by atoms with Gasteiger partial charge in [-0.1, -0.05) is 29.8 Å². The Morgan fingerprint density at radius 3 is 2.82 bits per heavy atom. The van der Waals surface area contributed by atoms with Crippen LogP contribution in [0.2, 0.25) is 5.02 Å². The van der Waals surface area contributed by atoms with Crippen LogP contribution in [0.25, 0.3) is 0 Å². The van der Waals surface area contributed by atoms with Gasteiger partial charge in [0.25, 0.3) is 0 Å². The Balaban J connectivity index is 2.11. The number of ether oxygens (including phenoxy) is 1. The maximum atomic E-state index is 6.21. The van der Waals surface area contributed by atoms with E-state index in [1.807, 2.05) is 43.3 Å². The SMILES string of the molecule is CC(Oc1ncccc1NCC(N)CS)c1ccccc1Cl. The number of nitrogens with two attached hydrogens (primary N) is 1. The molecule has 1 aromatic carbocycles. The quantitative estimate of drug-likeness (QED) is 0.676. The van der Waals surface area contributed by atoms with Gasteiger partial charge in [0.1, 0.15) is 6.10 Å². The predicted octanol–water partition coefficient (Wildman–Crippen LogP) is 3.54. The number of halogens is 1. The minimum atomic E-state index is -0.206. The molecule has 2 rings (SSSR count). The van der Waals surface area contributed by atoms with Crippen LogP contribution in [0, 0.1) is 0 Å². The van der Waals surface area contributed by atoms with Gasteiger partial charge in [-0.15, -0.1) is 0 Å². The largest absolute Gasteiger partial charge is 0.468 e. The summed E-state index contributed by atoms with van der Waals surface area (Å²) in [6.45, 7) is 2.55. The van der Waals surface area contributed by atoms with E-state index in [0.29, 0.717) is 23.2 Å². The Kier molecular flexibility index (Phi) is 6.36. The van der Waals surface area contributed by atoms with Crippen LogP contribution >= 0.6 is 24.2 Å². The second-order valence-electron chi connectivity index (χ2n) is 4.96. The third-order valence-electron chi connectivity index (χ3n) is 3.19. The van der Waals surface area contributed by atoms with Gasteiger partial charge in [0.2, 0.25) is 5.88 Å². The average Bonchev–Trinajstić information content (AvgIpc) is 2.54. The lowest BCUT2D eigenvalue weighted by atomic mass is 10.1. The topological polar surface area (TPSA) is 60.2 Å². The van der Waals surface area contributed by atoms with Crippen molar-refractivity contribution >= 4 is 29.9 Å². The molecule has 0 aliphatic rings. The molecule has 0 spiro atoms. The molecule has 0 fully saturated rings. The number of aromatic nitrogens is 1. The molecule has 0 saturated carbocycles. The first kappa shape index (κ1) is 16.9. The van der Waals surface area contributed by atoms with Crippen LogP contribution < -0.4 is 15.8 Å². The smallest absolute Gasteiger partial charge is 0.237 e. The van der Waals surface area contributed by atoms with Crippen molar-refractivity contribution in [3.63, 3.8) is 0 Å². The zero-order valence-corrected chi connectivity index (χ0v) is 14.0. The normalized spacial score (nSPS) is 13.5. The van der Waals surface area contributed by atoms with E-state index in [-0.39, 0.29) is 12.1 Å². The number of hydrogen-bond acceptors (Lipinski definition) is 5. The fraction of sp³-hybridized carbons (Fsp3) is 0.312. The second-order valence-corrected chi connectivity index (χ2v) is 5.73. The molecule has 1 aromatic heterocycles. The molecule has 0 bridgehead atoms. The fourth-order valence-electron chi connectivity index (χ4n) is 1.96. The van der Waals surface area contributed by atoms with Gasteiger partial charge in [-0.2, -0.15) is 12.6 Å². The monoisotopic (exact) mass is 337 g/mol. The van der Waals surface area contributed by atoms with Crippen molar-refractivity contribution in [3.8, 4) is 5.88 Å². The first-order valence-corrected chi connectivity index (χ1v) is 8.09. The van der Waals surface area contributed by atoms with Crippen molar-refractivity contribution in [2.45, 2.75) is 19.1 Å². The van der Waals surface area contributed by atoms with E-state index in [2.05, 4.69) is 22.9 Å². The van der Waals surface area contributed by atoms with Crippen LogP contribution in [-0.2, 0) is 0 Å². The van der Waals surface area contributed by atoms with Gasteiger partial charge in [0.15, 0.2) is 0 Å². The van der Waals surface area contributed by atoms with Crippen LogP contribution in [0.5, 0.6) is 5.88 Å². The molecule has 3 N–H and O–H groups in total. The summed E-state index contributed by atoms with van der Waals surface area (Å²) in [5.74, 6) is 1.14. The molecule has 0 aliphatic carbocycles. The summed E-state index contributed by atoms with van der Waals surface area (Å²) in [6.07, 6.45) is 1.49. The minimum absolute atomic E-state index is 0.0302. The van der Waals surface area contributed by atoms with E-state index >= 15 is 0 Å². The van der Waals surface area contributed by atoms with Gasteiger partial charge < -0.3 is 15.8 Å². The molecule has 22 heavy (non-hydrogen) atoms. The molecule has 1 heterocycles. The van der Waals surface area contributed by atoms with E-state index in [4.69, 9.17) is 22.1 Å². The second kappa shape index (κ2) is 8.27. The molecular weight excluding hydrogens is 318 g/mol. The van der Waals surface area contributed by atoms with Crippen LogP contribution in [0.15, 0.2) is 42.6 Å². The Bertz CT molecular complexity index is 611. The number of nitrogens with zero attached hydrogens (tertiary/aromatic N) is 1. The van der Waals surface area contributed by atoms with E-state index in [1.165, 1.54) is 0 Å². The Morgan fingerprint density at radius 1 is 1.32 bits per heavy atom. The van der Waals surface area contributed by atoms with Crippen molar-refractivity contribution in [3.05, 3.63) is 53.2 Å². The van der Waals surface area contributed by atoms with Gasteiger partial charge in [-0.25, -0.2) is 4.98 Å². The Morgan fingerprint density at radius 2 is 2.09 bits per heavy atom. The van der Waals surface area contributed by atoms with Crippen LogP contribution in [0.1, 0.15) is 18.6 Å². The van der Waals surface area contributed by atoms with Crippen molar-refractivity contribution in [1.82, 2.24) is 4.98 Å². The number of nitrogens with one attached hydrogen (secondary N) is 1. The van der Waals surface area contributed by atoms with Gasteiger partial charge in [-0.3, -0.25) is 0 Å². The van der Waals surface area contributed by atoms with Crippen LogP contribution in [0.3, 0.4) is 0 Å². The Labute approximate surface area is 141 Å². The fourth-order valence-corrected chi connectivity index (χ4v) is 2.38. The summed E-state index contributed by atoms with van der Waals surface area (Å²) in [7, 11) is 0. The summed E-state index contributed by atoms with van der Waals surface area (Å²) in [6, 6.07) is 11.3. The van der Waals surface area contributed by atoms with Gasteiger partial charge >= 0.3 is 0 Å². The first-order chi connectivity index (χ1) is 10.6. The highest BCUT2D eigenvalue weighted by Gasteiger charge is 2.14. The molecule has 2 aromatic rings. The highest BCUT2D eigenvalue weighted by Crippen LogP contribution is 2.29. The van der Waals surface area contributed by atoms with E-state index in [9.17, 15) is 0 Å². The molecule has 0 amide bonds. The van der Waals surface area contributed by atoms with Crippen molar-refractivity contribution in [1.29, 1.82) is 0 Å². The standard InChI is InChI=1S/C16H20ClN3OS/c1-11(13-5-2-3-6-14(13)17)21-16-15(7-4-8-19-16)20-9-12(18)10-22/h2-8,11-12,20,22H,9-10,18H2,1H3. The van der Waals surface area contributed by atoms with Crippen molar-refractivity contribution < 1.29 is 4.74 Å². The third-order valence-corrected chi connectivity index (χ3v) is 4.01. The lowest BCUT2D eigenvalue weighted by molar-refractivity contribution is 0.219. The molecule has 0 radical (unpaired) electrons. The maximum absolute atomic E-state index is 6.21. The minimum Gasteiger partial charge on any atom is -0.468 e. The number of anilines is 1. The average molecular weight is 338 g/mol. The summed E-state index contributed by atoms with van der Waals surface area (Å²) in [4.78, 5) is 4.29. The highest BCUT2D eigenvalue weighted by atomic mass is 35.5. The van der Waals surface area contributed by atoms with E-state index < -0.39 is 0 Å².